The van der Waals surface area contributed by atoms with Crippen molar-refractivity contribution in [2.24, 2.45) is 0 Å². The number of nitrogens with one attached hydrogen (secondary N) is 1. The standard InChI is InChI=1S/C11H12N4O2S/c1-3-17-9-4-8(12-6-13-9)10(16)15-11-14-7(2)5-18-11/h4-6H,3H2,1-2H3,(H,14,15,16). The highest BCUT2D eigenvalue weighted by Gasteiger charge is 2.11. The molecule has 0 radical (unpaired) electrons. The second kappa shape index (κ2) is 5.54. The molecule has 0 aromatic carbocycles. The topological polar surface area (TPSA) is 77.0 Å². The molecule has 0 bridgehead atoms. The molecule has 2 heterocycles. The maximum atomic E-state index is 11.9. The number of thiazole rings is 1. The first-order chi connectivity index (χ1) is 8.69. The Morgan fingerprint density at radius 2 is 2.33 bits per heavy atom. The molecule has 94 valence electrons. The molecule has 2 aromatic rings. The van der Waals surface area contributed by atoms with E-state index in [1.54, 1.807) is 0 Å². The SMILES string of the molecule is CCOc1cc(C(=O)Nc2nc(C)cs2)ncn1. The van der Waals surface area contributed by atoms with E-state index < -0.39 is 0 Å². The number of hydrogen-bond donors (Lipinski definition) is 1. The predicted molar refractivity (Wildman–Crippen MR) is 68.0 cm³/mol. The average molecular weight is 264 g/mol. The zero-order valence-electron chi connectivity index (χ0n) is 10.0. The zero-order chi connectivity index (χ0) is 13.0. The van der Waals surface area contributed by atoms with Gasteiger partial charge in [-0.15, -0.1) is 11.3 Å². The van der Waals surface area contributed by atoms with Gasteiger partial charge in [-0.25, -0.2) is 15.0 Å². The van der Waals surface area contributed by atoms with Crippen molar-refractivity contribution < 1.29 is 9.53 Å². The van der Waals surface area contributed by atoms with Gasteiger partial charge in [0, 0.05) is 11.4 Å². The minimum atomic E-state index is -0.326. The Bertz CT molecular complexity index is 555. The Kier molecular flexibility index (Phi) is 3.83. The van der Waals surface area contributed by atoms with E-state index in [0.29, 0.717) is 17.6 Å². The fourth-order valence-electron chi connectivity index (χ4n) is 1.26. The summed E-state index contributed by atoms with van der Waals surface area (Å²) in [5.74, 6) is 0.0562. The number of nitrogens with zero attached hydrogens (tertiary/aromatic N) is 3. The lowest BCUT2D eigenvalue weighted by Gasteiger charge is -2.03. The molecule has 0 fully saturated rings. The minimum absolute atomic E-state index is 0.251. The van der Waals surface area contributed by atoms with Gasteiger partial charge < -0.3 is 4.74 Å². The summed E-state index contributed by atoms with van der Waals surface area (Å²) in [7, 11) is 0. The van der Waals surface area contributed by atoms with E-state index in [1.807, 2.05) is 19.2 Å². The predicted octanol–water partition coefficient (Wildman–Crippen LogP) is 1.89. The molecule has 1 N–H and O–H groups in total. The van der Waals surface area contributed by atoms with Gasteiger partial charge in [0.2, 0.25) is 5.88 Å². The van der Waals surface area contributed by atoms with Crippen LogP contribution in [0.25, 0.3) is 0 Å². The summed E-state index contributed by atoms with van der Waals surface area (Å²) in [5, 5.41) is 5.08. The number of ether oxygens (including phenoxy) is 1. The van der Waals surface area contributed by atoms with Crippen molar-refractivity contribution in [3.05, 3.63) is 29.2 Å². The normalized spacial score (nSPS) is 10.1. The smallest absolute Gasteiger partial charge is 0.276 e. The van der Waals surface area contributed by atoms with E-state index in [2.05, 4.69) is 20.3 Å². The molecule has 2 aromatic heterocycles. The number of carbonyl (C=O) groups excluding carboxylic acids is 1. The van der Waals surface area contributed by atoms with E-state index in [-0.39, 0.29) is 11.6 Å². The van der Waals surface area contributed by atoms with E-state index in [4.69, 9.17) is 4.74 Å². The highest BCUT2D eigenvalue weighted by atomic mass is 32.1. The summed E-state index contributed by atoms with van der Waals surface area (Å²) >= 11 is 1.37. The van der Waals surface area contributed by atoms with Gasteiger partial charge in [-0.2, -0.15) is 0 Å². The van der Waals surface area contributed by atoms with Crippen molar-refractivity contribution >= 4 is 22.4 Å². The molecular formula is C11H12N4O2S. The van der Waals surface area contributed by atoms with Crippen molar-refractivity contribution in [2.75, 3.05) is 11.9 Å². The van der Waals surface area contributed by atoms with Crippen molar-refractivity contribution in [3.63, 3.8) is 0 Å². The molecule has 0 aliphatic heterocycles. The number of anilines is 1. The number of aromatic nitrogens is 3. The van der Waals surface area contributed by atoms with Crippen molar-refractivity contribution in [2.45, 2.75) is 13.8 Å². The first-order valence-corrected chi connectivity index (χ1v) is 6.25. The first kappa shape index (κ1) is 12.4. The molecule has 0 aliphatic rings. The van der Waals surface area contributed by atoms with E-state index in [9.17, 15) is 4.79 Å². The fraction of sp³-hybridized carbons (Fsp3) is 0.273. The molecule has 18 heavy (non-hydrogen) atoms. The van der Waals surface area contributed by atoms with Crippen LogP contribution in [0.1, 0.15) is 23.1 Å². The summed E-state index contributed by atoms with van der Waals surface area (Å²) in [5.41, 5.74) is 1.12. The third-order valence-electron chi connectivity index (χ3n) is 2.01. The molecule has 0 unspecified atom stereocenters. The van der Waals surface area contributed by atoms with Gasteiger partial charge in [0.15, 0.2) is 5.13 Å². The second-order valence-electron chi connectivity index (χ2n) is 3.42. The van der Waals surface area contributed by atoms with Crippen LogP contribution in [-0.4, -0.2) is 27.5 Å². The van der Waals surface area contributed by atoms with Crippen LogP contribution in [0.15, 0.2) is 17.8 Å². The monoisotopic (exact) mass is 264 g/mol. The third kappa shape index (κ3) is 3.01. The Morgan fingerprint density at radius 3 is 3.00 bits per heavy atom. The summed E-state index contributed by atoms with van der Waals surface area (Å²) in [6.07, 6.45) is 1.30. The highest BCUT2D eigenvalue weighted by Crippen LogP contribution is 2.15. The number of amides is 1. The van der Waals surface area contributed by atoms with Crippen LogP contribution < -0.4 is 10.1 Å². The Balaban J connectivity index is 2.11. The Labute approximate surface area is 108 Å². The Morgan fingerprint density at radius 1 is 1.50 bits per heavy atom. The highest BCUT2D eigenvalue weighted by molar-refractivity contribution is 7.13. The maximum absolute atomic E-state index is 11.9. The molecule has 1 amide bonds. The van der Waals surface area contributed by atoms with Crippen molar-refractivity contribution in [1.82, 2.24) is 15.0 Å². The van der Waals surface area contributed by atoms with E-state index >= 15 is 0 Å². The van der Waals surface area contributed by atoms with Gasteiger partial charge in [0.05, 0.1) is 12.3 Å². The quantitative estimate of drug-likeness (QED) is 0.912. The average Bonchev–Trinajstić information content (AvgIpc) is 2.75. The zero-order valence-corrected chi connectivity index (χ0v) is 10.8. The van der Waals surface area contributed by atoms with Crippen molar-refractivity contribution in [1.29, 1.82) is 0 Å². The van der Waals surface area contributed by atoms with Crippen molar-refractivity contribution in [3.8, 4) is 5.88 Å². The molecule has 0 saturated heterocycles. The lowest BCUT2D eigenvalue weighted by molar-refractivity contribution is 0.102. The third-order valence-corrected chi connectivity index (χ3v) is 2.88. The lowest BCUT2D eigenvalue weighted by Crippen LogP contribution is -2.14. The van der Waals surface area contributed by atoms with Crippen LogP contribution in [-0.2, 0) is 0 Å². The molecule has 0 saturated carbocycles. The largest absolute Gasteiger partial charge is 0.478 e. The Hall–Kier alpha value is -2.02. The number of hydrogen-bond acceptors (Lipinski definition) is 6. The summed E-state index contributed by atoms with van der Waals surface area (Å²) in [6, 6.07) is 1.50. The van der Waals surface area contributed by atoms with Crippen LogP contribution in [0.4, 0.5) is 5.13 Å². The first-order valence-electron chi connectivity index (χ1n) is 5.37. The van der Waals surface area contributed by atoms with Crippen LogP contribution in [0.2, 0.25) is 0 Å². The number of aryl methyl sites for hydroxylation is 1. The van der Waals surface area contributed by atoms with Gasteiger partial charge in [0.25, 0.3) is 5.91 Å². The van der Waals surface area contributed by atoms with Gasteiger partial charge in [-0.3, -0.25) is 10.1 Å². The number of carbonyl (C=O) groups is 1. The van der Waals surface area contributed by atoms with Gasteiger partial charge in [-0.1, -0.05) is 0 Å². The molecule has 0 atom stereocenters. The van der Waals surface area contributed by atoms with E-state index in [0.717, 1.165) is 5.69 Å². The molecule has 0 aliphatic carbocycles. The van der Waals surface area contributed by atoms with Crippen LogP contribution in [0.3, 0.4) is 0 Å². The molecule has 6 nitrogen and oxygen atoms in total. The molecule has 0 spiro atoms. The fourth-order valence-corrected chi connectivity index (χ4v) is 1.95. The van der Waals surface area contributed by atoms with Gasteiger partial charge in [-0.05, 0) is 13.8 Å². The summed E-state index contributed by atoms with van der Waals surface area (Å²) in [6.45, 7) is 4.20. The van der Waals surface area contributed by atoms with Gasteiger partial charge >= 0.3 is 0 Å². The molecule has 7 heteroatoms. The minimum Gasteiger partial charge on any atom is -0.478 e. The van der Waals surface area contributed by atoms with Crippen LogP contribution in [0.5, 0.6) is 5.88 Å². The maximum Gasteiger partial charge on any atom is 0.276 e. The molecule has 2 rings (SSSR count). The van der Waals surface area contributed by atoms with E-state index in [1.165, 1.54) is 23.7 Å². The summed E-state index contributed by atoms with van der Waals surface area (Å²) in [4.78, 5) is 23.8. The summed E-state index contributed by atoms with van der Waals surface area (Å²) < 4.78 is 5.21. The second-order valence-corrected chi connectivity index (χ2v) is 4.28. The molecular weight excluding hydrogens is 252 g/mol. The lowest BCUT2D eigenvalue weighted by atomic mass is 10.4. The number of rotatable bonds is 4. The van der Waals surface area contributed by atoms with Crippen LogP contribution >= 0.6 is 11.3 Å². The van der Waals surface area contributed by atoms with Crippen LogP contribution in [0, 0.1) is 6.92 Å². The van der Waals surface area contributed by atoms with Gasteiger partial charge in [0.1, 0.15) is 12.0 Å².